The average Bonchev–Trinajstić information content (AvgIpc) is 2.11. The van der Waals surface area contributed by atoms with Crippen molar-refractivity contribution >= 4 is 15.9 Å². The molecule has 0 heterocycles. The number of hydrogen-bond acceptors (Lipinski definition) is 3. The predicted molar refractivity (Wildman–Crippen MR) is 49.3 cm³/mol. The van der Waals surface area contributed by atoms with Crippen molar-refractivity contribution in [2.45, 2.75) is 6.54 Å². The maximum Gasteiger partial charge on any atom is 0.169 e. The normalized spacial score (nSPS) is 10.2. The Hall–Kier alpha value is -0.650. The van der Waals surface area contributed by atoms with Gasteiger partial charge in [0.15, 0.2) is 11.6 Å². The van der Waals surface area contributed by atoms with Gasteiger partial charge in [0.1, 0.15) is 0 Å². The van der Waals surface area contributed by atoms with Gasteiger partial charge in [-0.05, 0) is 12.1 Å². The zero-order valence-corrected chi connectivity index (χ0v) is 8.56. The largest absolute Gasteiger partial charge is 0.494 e. The summed E-state index contributed by atoms with van der Waals surface area (Å²) in [6.45, 7) is 0.0433. The Morgan fingerprint density at radius 1 is 1.62 bits per heavy atom. The van der Waals surface area contributed by atoms with Crippen molar-refractivity contribution in [3.8, 4) is 5.75 Å². The summed E-state index contributed by atoms with van der Waals surface area (Å²) in [7, 11) is 1.39. The van der Waals surface area contributed by atoms with Crippen LogP contribution in [-0.4, -0.2) is 12.3 Å². The molecular formula is C8H9BrFNO2. The van der Waals surface area contributed by atoms with Crippen LogP contribution >= 0.6 is 15.9 Å². The monoisotopic (exact) mass is 249 g/mol. The number of halogens is 2. The van der Waals surface area contributed by atoms with Crippen LogP contribution in [0.1, 0.15) is 5.56 Å². The van der Waals surface area contributed by atoms with E-state index in [1.54, 1.807) is 6.07 Å². The second-order valence-electron chi connectivity index (χ2n) is 2.42. The fraction of sp³-hybridized carbons (Fsp3) is 0.250. The van der Waals surface area contributed by atoms with Crippen LogP contribution in [0.25, 0.3) is 0 Å². The molecule has 0 bridgehead atoms. The van der Waals surface area contributed by atoms with E-state index in [-0.39, 0.29) is 12.3 Å². The van der Waals surface area contributed by atoms with Crippen LogP contribution in [0.3, 0.4) is 0 Å². The lowest BCUT2D eigenvalue weighted by molar-refractivity contribution is 0.159. The summed E-state index contributed by atoms with van der Waals surface area (Å²) >= 11 is 3.20. The second kappa shape index (κ2) is 4.55. The van der Waals surface area contributed by atoms with Gasteiger partial charge in [0, 0.05) is 16.6 Å². The Kier molecular flexibility index (Phi) is 3.65. The first-order chi connectivity index (χ1) is 6.19. The molecule has 0 saturated carbocycles. The van der Waals surface area contributed by atoms with Gasteiger partial charge >= 0.3 is 0 Å². The van der Waals surface area contributed by atoms with Crippen LogP contribution in [0.15, 0.2) is 16.6 Å². The van der Waals surface area contributed by atoms with Crippen molar-refractivity contribution in [3.05, 3.63) is 28.0 Å². The van der Waals surface area contributed by atoms with Crippen molar-refractivity contribution in [1.82, 2.24) is 5.48 Å². The summed E-state index contributed by atoms with van der Waals surface area (Å²) in [5.41, 5.74) is 2.23. The number of hydroxylamine groups is 1. The highest BCUT2D eigenvalue weighted by Crippen LogP contribution is 2.25. The zero-order valence-electron chi connectivity index (χ0n) is 6.97. The molecule has 13 heavy (non-hydrogen) atoms. The Morgan fingerprint density at radius 2 is 2.31 bits per heavy atom. The van der Waals surface area contributed by atoms with E-state index in [2.05, 4.69) is 15.9 Å². The molecule has 0 unspecified atom stereocenters. The van der Waals surface area contributed by atoms with Crippen LogP contribution in [-0.2, 0) is 6.54 Å². The topological polar surface area (TPSA) is 41.5 Å². The Bertz CT molecular complexity index is 306. The molecule has 0 aliphatic carbocycles. The van der Waals surface area contributed by atoms with E-state index in [1.807, 2.05) is 5.48 Å². The lowest BCUT2D eigenvalue weighted by Crippen LogP contribution is -2.08. The number of methoxy groups -OCH3 is 1. The third-order valence-corrected chi connectivity index (χ3v) is 2.03. The quantitative estimate of drug-likeness (QED) is 0.807. The summed E-state index contributed by atoms with van der Waals surface area (Å²) in [5, 5.41) is 8.43. The first-order valence-electron chi connectivity index (χ1n) is 3.58. The molecule has 1 aromatic rings. The molecule has 0 atom stereocenters. The number of hydrogen-bond donors (Lipinski definition) is 2. The first-order valence-corrected chi connectivity index (χ1v) is 4.37. The van der Waals surface area contributed by atoms with E-state index in [4.69, 9.17) is 9.94 Å². The van der Waals surface area contributed by atoms with E-state index < -0.39 is 5.82 Å². The molecule has 0 saturated heterocycles. The first kappa shape index (κ1) is 10.4. The number of ether oxygens (including phenoxy) is 1. The van der Waals surface area contributed by atoms with Gasteiger partial charge in [-0.15, -0.1) is 0 Å². The summed E-state index contributed by atoms with van der Waals surface area (Å²) < 4.78 is 18.8. The summed E-state index contributed by atoms with van der Waals surface area (Å²) in [4.78, 5) is 0. The minimum atomic E-state index is -0.466. The summed E-state index contributed by atoms with van der Waals surface area (Å²) in [6, 6.07) is 3.09. The van der Waals surface area contributed by atoms with Gasteiger partial charge in [-0.3, -0.25) is 0 Å². The van der Waals surface area contributed by atoms with Gasteiger partial charge in [0.25, 0.3) is 0 Å². The molecule has 0 amide bonds. The Labute approximate surface area is 83.6 Å². The fourth-order valence-corrected chi connectivity index (χ4v) is 1.46. The molecule has 3 nitrogen and oxygen atoms in total. The average molecular weight is 250 g/mol. The van der Waals surface area contributed by atoms with E-state index in [9.17, 15) is 4.39 Å². The van der Waals surface area contributed by atoms with E-state index in [1.165, 1.54) is 13.2 Å². The molecule has 0 aliphatic heterocycles. The van der Waals surface area contributed by atoms with Gasteiger partial charge < -0.3 is 9.94 Å². The highest BCUT2D eigenvalue weighted by molar-refractivity contribution is 9.10. The third-order valence-electron chi connectivity index (χ3n) is 1.57. The predicted octanol–water partition coefficient (Wildman–Crippen LogP) is 2.08. The molecular weight excluding hydrogens is 241 g/mol. The molecule has 2 N–H and O–H groups in total. The summed E-state index contributed by atoms with van der Waals surface area (Å²) in [5.74, 6) is -0.313. The molecule has 0 aromatic heterocycles. The SMILES string of the molecule is COc1cc(Br)cc(CNO)c1F. The Morgan fingerprint density at radius 3 is 2.85 bits per heavy atom. The maximum absolute atomic E-state index is 13.3. The van der Waals surface area contributed by atoms with Gasteiger partial charge in [-0.1, -0.05) is 15.9 Å². The van der Waals surface area contributed by atoms with Crippen molar-refractivity contribution in [3.63, 3.8) is 0 Å². The van der Waals surface area contributed by atoms with Crippen LogP contribution in [0.2, 0.25) is 0 Å². The minimum absolute atomic E-state index is 0.0433. The van der Waals surface area contributed by atoms with E-state index >= 15 is 0 Å². The number of nitrogens with one attached hydrogen (secondary N) is 1. The van der Waals surface area contributed by atoms with Crippen molar-refractivity contribution in [2.24, 2.45) is 0 Å². The summed E-state index contributed by atoms with van der Waals surface area (Å²) in [6.07, 6.45) is 0. The van der Waals surface area contributed by atoms with Crippen molar-refractivity contribution in [1.29, 1.82) is 0 Å². The molecule has 72 valence electrons. The molecule has 5 heteroatoms. The van der Waals surface area contributed by atoms with Crippen LogP contribution in [0.4, 0.5) is 4.39 Å². The number of benzene rings is 1. The second-order valence-corrected chi connectivity index (χ2v) is 3.33. The highest BCUT2D eigenvalue weighted by Gasteiger charge is 2.09. The highest BCUT2D eigenvalue weighted by atomic mass is 79.9. The van der Waals surface area contributed by atoms with Gasteiger partial charge in [-0.2, -0.15) is 0 Å². The smallest absolute Gasteiger partial charge is 0.169 e. The van der Waals surface area contributed by atoms with Gasteiger partial charge in [-0.25, -0.2) is 9.87 Å². The van der Waals surface area contributed by atoms with Crippen molar-refractivity contribution in [2.75, 3.05) is 7.11 Å². The van der Waals surface area contributed by atoms with Crippen LogP contribution in [0, 0.1) is 5.82 Å². The van der Waals surface area contributed by atoms with Gasteiger partial charge in [0.05, 0.1) is 7.11 Å². The van der Waals surface area contributed by atoms with Gasteiger partial charge in [0.2, 0.25) is 0 Å². The molecule has 0 aliphatic rings. The molecule has 0 fully saturated rings. The fourth-order valence-electron chi connectivity index (χ4n) is 0.981. The molecule has 1 aromatic carbocycles. The van der Waals surface area contributed by atoms with Crippen LogP contribution in [0.5, 0.6) is 5.75 Å². The van der Waals surface area contributed by atoms with E-state index in [0.29, 0.717) is 10.0 Å². The number of rotatable bonds is 3. The lowest BCUT2D eigenvalue weighted by atomic mass is 10.2. The molecule has 1 rings (SSSR count). The zero-order chi connectivity index (χ0) is 9.84. The Balaban J connectivity index is 3.11. The van der Waals surface area contributed by atoms with Crippen LogP contribution < -0.4 is 10.2 Å². The third kappa shape index (κ3) is 2.40. The standard InChI is InChI=1S/C8H9BrFNO2/c1-13-7-3-6(9)2-5(4-11-12)8(7)10/h2-3,11-12H,4H2,1H3. The minimum Gasteiger partial charge on any atom is -0.494 e. The van der Waals surface area contributed by atoms with Crippen molar-refractivity contribution < 1.29 is 14.3 Å². The molecule has 0 radical (unpaired) electrons. The molecule has 0 spiro atoms. The lowest BCUT2D eigenvalue weighted by Gasteiger charge is -2.07. The van der Waals surface area contributed by atoms with E-state index in [0.717, 1.165) is 0 Å². The maximum atomic E-state index is 13.3.